The molecule has 0 amide bonds. The summed E-state index contributed by atoms with van der Waals surface area (Å²) in [6.45, 7) is 0. The summed E-state index contributed by atoms with van der Waals surface area (Å²) in [5, 5.41) is -0.335. The van der Waals surface area contributed by atoms with E-state index in [-0.39, 0.29) is 16.3 Å². The third-order valence-corrected chi connectivity index (χ3v) is 4.09. The van der Waals surface area contributed by atoms with E-state index in [4.69, 9.17) is 5.73 Å². The highest BCUT2D eigenvalue weighted by Crippen LogP contribution is 2.21. The molecular weight excluding hydrogens is 274 g/mol. The lowest BCUT2D eigenvalue weighted by atomic mass is 10.2. The SMILES string of the molecule is Nc1cccnc1S(=O)(=O)Cc1cccc(F)c1F. The lowest BCUT2D eigenvalue weighted by Gasteiger charge is -2.07. The smallest absolute Gasteiger partial charge is 0.201 e. The van der Waals surface area contributed by atoms with Crippen molar-refractivity contribution in [2.75, 3.05) is 5.73 Å². The van der Waals surface area contributed by atoms with Gasteiger partial charge in [-0.15, -0.1) is 0 Å². The maximum Gasteiger partial charge on any atom is 0.201 e. The quantitative estimate of drug-likeness (QED) is 0.934. The average Bonchev–Trinajstić information content (AvgIpc) is 2.35. The van der Waals surface area contributed by atoms with E-state index in [9.17, 15) is 17.2 Å². The van der Waals surface area contributed by atoms with Crippen molar-refractivity contribution in [2.24, 2.45) is 0 Å². The number of nitrogens with zero attached hydrogens (tertiary/aromatic N) is 1. The first-order valence-corrected chi connectivity index (χ1v) is 6.93. The van der Waals surface area contributed by atoms with Crippen molar-refractivity contribution >= 4 is 15.5 Å². The van der Waals surface area contributed by atoms with Crippen molar-refractivity contribution in [3.05, 3.63) is 53.7 Å². The molecule has 100 valence electrons. The molecule has 4 nitrogen and oxygen atoms in total. The maximum atomic E-state index is 13.5. The molecule has 1 aromatic heterocycles. The van der Waals surface area contributed by atoms with Crippen molar-refractivity contribution in [1.29, 1.82) is 0 Å². The van der Waals surface area contributed by atoms with Crippen LogP contribution in [0.1, 0.15) is 5.56 Å². The summed E-state index contributed by atoms with van der Waals surface area (Å²) in [5.74, 6) is -2.97. The molecule has 0 spiro atoms. The van der Waals surface area contributed by atoms with E-state index in [0.29, 0.717) is 0 Å². The molecule has 2 aromatic rings. The van der Waals surface area contributed by atoms with Gasteiger partial charge < -0.3 is 5.73 Å². The highest BCUT2D eigenvalue weighted by atomic mass is 32.2. The molecule has 1 heterocycles. The van der Waals surface area contributed by atoms with Gasteiger partial charge in [0.2, 0.25) is 9.84 Å². The number of pyridine rings is 1. The Labute approximate surface area is 108 Å². The Morgan fingerprint density at radius 3 is 2.58 bits per heavy atom. The molecule has 0 unspecified atom stereocenters. The van der Waals surface area contributed by atoms with E-state index in [1.54, 1.807) is 0 Å². The monoisotopic (exact) mass is 284 g/mol. The Bertz CT molecular complexity index is 717. The molecule has 19 heavy (non-hydrogen) atoms. The van der Waals surface area contributed by atoms with Crippen LogP contribution in [0.4, 0.5) is 14.5 Å². The predicted octanol–water partition coefficient (Wildman–Crippen LogP) is 1.92. The number of nitrogen functional groups attached to an aromatic ring is 1. The minimum atomic E-state index is -3.93. The van der Waals surface area contributed by atoms with Gasteiger partial charge in [-0.25, -0.2) is 22.2 Å². The van der Waals surface area contributed by atoms with Crippen LogP contribution in [0.3, 0.4) is 0 Å². The molecule has 7 heteroatoms. The van der Waals surface area contributed by atoms with E-state index in [1.807, 2.05) is 0 Å². The lowest BCUT2D eigenvalue weighted by molar-refractivity contribution is 0.501. The van der Waals surface area contributed by atoms with Crippen LogP contribution in [0.25, 0.3) is 0 Å². The van der Waals surface area contributed by atoms with E-state index >= 15 is 0 Å². The van der Waals surface area contributed by atoms with Crippen LogP contribution in [0, 0.1) is 11.6 Å². The molecule has 0 aliphatic rings. The molecule has 0 bridgehead atoms. The molecule has 0 aliphatic carbocycles. The fourth-order valence-electron chi connectivity index (χ4n) is 1.60. The van der Waals surface area contributed by atoms with E-state index in [1.165, 1.54) is 30.5 Å². The number of sulfone groups is 1. The zero-order valence-corrected chi connectivity index (χ0v) is 10.5. The molecule has 0 atom stereocenters. The largest absolute Gasteiger partial charge is 0.396 e. The topological polar surface area (TPSA) is 73.0 Å². The first-order chi connectivity index (χ1) is 8.92. The van der Waals surface area contributed by atoms with Gasteiger partial charge in [0.15, 0.2) is 16.7 Å². The predicted molar refractivity (Wildman–Crippen MR) is 65.9 cm³/mol. The molecule has 2 rings (SSSR count). The van der Waals surface area contributed by atoms with Crippen LogP contribution < -0.4 is 5.73 Å². The van der Waals surface area contributed by atoms with Gasteiger partial charge >= 0.3 is 0 Å². The zero-order chi connectivity index (χ0) is 14.0. The molecular formula is C12H10F2N2O2S. The normalized spacial score (nSPS) is 11.5. The molecule has 0 saturated heterocycles. The van der Waals surface area contributed by atoms with Gasteiger partial charge in [-0.3, -0.25) is 0 Å². The molecule has 0 radical (unpaired) electrons. The highest BCUT2D eigenvalue weighted by Gasteiger charge is 2.22. The summed E-state index contributed by atoms with van der Waals surface area (Å²) in [5.41, 5.74) is 5.23. The van der Waals surface area contributed by atoms with E-state index in [0.717, 1.165) is 6.07 Å². The van der Waals surface area contributed by atoms with Crippen LogP contribution >= 0.6 is 0 Å². The fourth-order valence-corrected chi connectivity index (χ4v) is 3.01. The Hall–Kier alpha value is -2.02. The Kier molecular flexibility index (Phi) is 3.48. The number of aromatic nitrogens is 1. The van der Waals surface area contributed by atoms with Gasteiger partial charge in [0.1, 0.15) is 0 Å². The lowest BCUT2D eigenvalue weighted by Crippen LogP contribution is -2.11. The Balaban J connectivity index is 2.43. The second-order valence-corrected chi connectivity index (χ2v) is 5.77. The highest BCUT2D eigenvalue weighted by molar-refractivity contribution is 7.90. The third-order valence-electron chi connectivity index (χ3n) is 2.47. The fraction of sp³-hybridized carbons (Fsp3) is 0.0833. The second-order valence-electron chi connectivity index (χ2n) is 3.87. The van der Waals surface area contributed by atoms with Crippen molar-refractivity contribution in [2.45, 2.75) is 10.8 Å². The molecule has 0 saturated carbocycles. The average molecular weight is 284 g/mol. The van der Waals surface area contributed by atoms with Gasteiger partial charge in [-0.1, -0.05) is 12.1 Å². The van der Waals surface area contributed by atoms with Gasteiger partial charge in [-0.05, 0) is 18.2 Å². The molecule has 2 N–H and O–H groups in total. The Morgan fingerprint density at radius 2 is 1.89 bits per heavy atom. The number of hydrogen-bond acceptors (Lipinski definition) is 4. The second kappa shape index (κ2) is 4.93. The summed E-state index contributed by atoms with van der Waals surface area (Å²) in [6, 6.07) is 6.22. The van der Waals surface area contributed by atoms with Gasteiger partial charge in [-0.2, -0.15) is 0 Å². The minimum absolute atomic E-state index is 0.0284. The number of hydrogen-bond donors (Lipinski definition) is 1. The van der Waals surface area contributed by atoms with Crippen molar-refractivity contribution in [3.63, 3.8) is 0 Å². The summed E-state index contributed by atoms with van der Waals surface area (Å²) in [7, 11) is -3.93. The van der Waals surface area contributed by atoms with Gasteiger partial charge in [0.05, 0.1) is 11.4 Å². The summed E-state index contributed by atoms with van der Waals surface area (Å²) >= 11 is 0. The summed E-state index contributed by atoms with van der Waals surface area (Å²) < 4.78 is 50.6. The van der Waals surface area contributed by atoms with Crippen molar-refractivity contribution in [3.8, 4) is 0 Å². The first kappa shape index (κ1) is 13.4. The maximum absolute atomic E-state index is 13.5. The number of rotatable bonds is 3. The van der Waals surface area contributed by atoms with E-state index < -0.39 is 27.2 Å². The van der Waals surface area contributed by atoms with Crippen LogP contribution in [-0.2, 0) is 15.6 Å². The van der Waals surface area contributed by atoms with Gasteiger partial charge in [0.25, 0.3) is 0 Å². The van der Waals surface area contributed by atoms with Crippen molar-refractivity contribution in [1.82, 2.24) is 4.98 Å². The number of nitrogens with two attached hydrogens (primary N) is 1. The standard InChI is InChI=1S/C12H10F2N2O2S/c13-9-4-1-3-8(11(9)14)7-19(17,18)12-10(15)5-2-6-16-12/h1-6H,7,15H2. The number of benzene rings is 1. The van der Waals surface area contributed by atoms with Crippen molar-refractivity contribution < 1.29 is 17.2 Å². The van der Waals surface area contributed by atoms with E-state index in [2.05, 4.69) is 4.98 Å². The first-order valence-electron chi connectivity index (χ1n) is 5.28. The van der Waals surface area contributed by atoms with Crippen LogP contribution in [-0.4, -0.2) is 13.4 Å². The van der Waals surface area contributed by atoms with Crippen LogP contribution in [0.5, 0.6) is 0 Å². The number of anilines is 1. The zero-order valence-electron chi connectivity index (χ0n) is 9.68. The summed E-state index contributed by atoms with van der Waals surface area (Å²) in [6.07, 6.45) is 1.27. The Morgan fingerprint density at radius 1 is 1.16 bits per heavy atom. The summed E-state index contributed by atoms with van der Waals surface area (Å²) in [4.78, 5) is 3.67. The molecule has 1 aromatic carbocycles. The number of halogens is 2. The van der Waals surface area contributed by atoms with Crippen LogP contribution in [0.2, 0.25) is 0 Å². The molecule has 0 aliphatic heterocycles. The van der Waals surface area contributed by atoms with Gasteiger partial charge in [0, 0.05) is 11.8 Å². The third kappa shape index (κ3) is 2.70. The van der Waals surface area contributed by atoms with Crippen LogP contribution in [0.15, 0.2) is 41.6 Å². The molecule has 0 fully saturated rings. The minimum Gasteiger partial charge on any atom is -0.396 e.